The number of amides is 1. The molecule has 1 unspecified atom stereocenters. The molecule has 0 bridgehead atoms. The normalized spacial score (nSPS) is 27.6. The molecule has 0 spiro atoms. The fourth-order valence-corrected chi connectivity index (χ4v) is 2.91. The molecule has 2 fully saturated rings. The summed E-state index contributed by atoms with van der Waals surface area (Å²) < 4.78 is 33.7. The van der Waals surface area contributed by atoms with Crippen LogP contribution in [0.25, 0.3) is 0 Å². The highest BCUT2D eigenvalue weighted by molar-refractivity contribution is 5.68. The van der Waals surface area contributed by atoms with Crippen molar-refractivity contribution in [2.45, 2.75) is 57.6 Å². The van der Waals surface area contributed by atoms with Crippen LogP contribution in [0.3, 0.4) is 0 Å². The van der Waals surface area contributed by atoms with E-state index in [0.717, 1.165) is 30.8 Å². The Morgan fingerprint density at radius 2 is 1.80 bits per heavy atom. The van der Waals surface area contributed by atoms with Crippen molar-refractivity contribution >= 4 is 6.09 Å². The van der Waals surface area contributed by atoms with Gasteiger partial charge in [-0.3, -0.25) is 4.90 Å². The van der Waals surface area contributed by atoms with Crippen LogP contribution >= 0.6 is 0 Å². The molecule has 0 saturated carbocycles. The van der Waals surface area contributed by atoms with Crippen LogP contribution in [-0.4, -0.2) is 59.6 Å². The standard InChI is InChI=1S/C14H24F2N2O2/c1-13(2,3)20-12(19)18-9-6-11(14(15,16)10-18)17-7-4-5-8-17/h11H,4-10H2,1-3H3. The Hall–Kier alpha value is -0.910. The van der Waals surface area contributed by atoms with E-state index in [1.54, 1.807) is 20.8 Å². The molecule has 116 valence electrons. The van der Waals surface area contributed by atoms with Crippen molar-refractivity contribution in [3.8, 4) is 0 Å². The quantitative estimate of drug-likeness (QED) is 0.744. The minimum absolute atomic E-state index is 0.312. The van der Waals surface area contributed by atoms with Gasteiger partial charge in [0.05, 0.1) is 12.6 Å². The van der Waals surface area contributed by atoms with Crippen molar-refractivity contribution in [2.24, 2.45) is 0 Å². The molecule has 2 aliphatic heterocycles. The lowest BCUT2D eigenvalue weighted by Crippen LogP contribution is -2.59. The van der Waals surface area contributed by atoms with Gasteiger partial charge in [0.15, 0.2) is 0 Å². The van der Waals surface area contributed by atoms with E-state index in [-0.39, 0.29) is 0 Å². The van der Waals surface area contributed by atoms with Gasteiger partial charge in [-0.25, -0.2) is 13.6 Å². The number of rotatable bonds is 1. The Kier molecular flexibility index (Phi) is 4.23. The number of carbonyl (C=O) groups is 1. The van der Waals surface area contributed by atoms with Crippen LogP contribution < -0.4 is 0 Å². The summed E-state index contributed by atoms with van der Waals surface area (Å²) in [5.74, 6) is -2.86. The zero-order chi connectivity index (χ0) is 15.0. The second-order valence-electron chi connectivity index (χ2n) is 6.71. The number of carbonyl (C=O) groups excluding carboxylic acids is 1. The van der Waals surface area contributed by atoms with Gasteiger partial charge in [0.1, 0.15) is 5.60 Å². The van der Waals surface area contributed by atoms with Gasteiger partial charge in [0, 0.05) is 6.54 Å². The number of halogens is 2. The molecule has 0 radical (unpaired) electrons. The second kappa shape index (κ2) is 5.47. The average molecular weight is 290 g/mol. The number of likely N-dealkylation sites (tertiary alicyclic amines) is 2. The lowest BCUT2D eigenvalue weighted by atomic mass is 9.99. The molecule has 1 atom stereocenters. The van der Waals surface area contributed by atoms with E-state index in [0.29, 0.717) is 13.0 Å². The van der Waals surface area contributed by atoms with Gasteiger partial charge in [0.2, 0.25) is 0 Å². The molecule has 0 N–H and O–H groups in total. The van der Waals surface area contributed by atoms with E-state index in [1.165, 1.54) is 0 Å². The van der Waals surface area contributed by atoms with Gasteiger partial charge >= 0.3 is 6.09 Å². The molecular weight excluding hydrogens is 266 g/mol. The van der Waals surface area contributed by atoms with Crippen LogP contribution in [0, 0.1) is 0 Å². The SMILES string of the molecule is CC(C)(C)OC(=O)N1CCC(N2CCCC2)C(F)(F)C1. The first kappa shape index (κ1) is 15.5. The second-order valence-corrected chi connectivity index (χ2v) is 6.71. The van der Waals surface area contributed by atoms with E-state index >= 15 is 0 Å². The molecule has 2 aliphatic rings. The highest BCUT2D eigenvalue weighted by Gasteiger charge is 2.49. The fraction of sp³-hybridized carbons (Fsp3) is 0.929. The van der Waals surface area contributed by atoms with E-state index in [2.05, 4.69) is 0 Å². The highest BCUT2D eigenvalue weighted by Crippen LogP contribution is 2.33. The Morgan fingerprint density at radius 1 is 1.20 bits per heavy atom. The average Bonchev–Trinajstić information content (AvgIpc) is 2.78. The monoisotopic (exact) mass is 290 g/mol. The minimum Gasteiger partial charge on any atom is -0.444 e. The third-order valence-electron chi connectivity index (χ3n) is 3.79. The van der Waals surface area contributed by atoms with Crippen molar-refractivity contribution < 1.29 is 18.3 Å². The van der Waals surface area contributed by atoms with E-state index in [4.69, 9.17) is 4.74 Å². The van der Waals surface area contributed by atoms with Gasteiger partial charge in [-0.2, -0.15) is 0 Å². The number of hydrogen-bond acceptors (Lipinski definition) is 3. The van der Waals surface area contributed by atoms with Crippen molar-refractivity contribution in [2.75, 3.05) is 26.2 Å². The van der Waals surface area contributed by atoms with Gasteiger partial charge in [-0.05, 0) is 53.1 Å². The predicted molar refractivity (Wildman–Crippen MR) is 72.0 cm³/mol. The Labute approximate surface area is 119 Å². The molecule has 1 amide bonds. The fourth-order valence-electron chi connectivity index (χ4n) is 2.91. The van der Waals surface area contributed by atoms with E-state index < -0.39 is 30.2 Å². The topological polar surface area (TPSA) is 32.8 Å². The summed E-state index contributed by atoms with van der Waals surface area (Å²) in [6, 6.07) is -0.733. The summed E-state index contributed by atoms with van der Waals surface area (Å²) in [5.41, 5.74) is -0.655. The lowest BCUT2D eigenvalue weighted by Gasteiger charge is -2.42. The highest BCUT2D eigenvalue weighted by atomic mass is 19.3. The third-order valence-corrected chi connectivity index (χ3v) is 3.79. The molecule has 4 nitrogen and oxygen atoms in total. The molecule has 0 aromatic rings. The van der Waals surface area contributed by atoms with Crippen LogP contribution in [0.15, 0.2) is 0 Å². The van der Waals surface area contributed by atoms with Crippen LogP contribution in [0.1, 0.15) is 40.0 Å². The molecule has 0 aromatic heterocycles. The number of alkyl halides is 2. The van der Waals surface area contributed by atoms with Crippen molar-refractivity contribution in [1.82, 2.24) is 9.80 Å². The van der Waals surface area contributed by atoms with Crippen molar-refractivity contribution in [1.29, 1.82) is 0 Å². The van der Waals surface area contributed by atoms with Crippen LogP contribution in [0.5, 0.6) is 0 Å². The summed E-state index contributed by atoms with van der Waals surface area (Å²) in [6.45, 7) is 6.49. The summed E-state index contributed by atoms with van der Waals surface area (Å²) >= 11 is 0. The largest absolute Gasteiger partial charge is 0.444 e. The molecule has 2 rings (SSSR count). The first-order chi connectivity index (χ1) is 9.19. The molecule has 6 heteroatoms. The maximum Gasteiger partial charge on any atom is 0.410 e. The molecular formula is C14H24F2N2O2. The van der Waals surface area contributed by atoms with Crippen LogP contribution in [0.4, 0.5) is 13.6 Å². The number of ether oxygens (including phenoxy) is 1. The van der Waals surface area contributed by atoms with Gasteiger partial charge in [0.25, 0.3) is 5.92 Å². The Balaban J connectivity index is 1.97. The van der Waals surface area contributed by atoms with E-state index in [9.17, 15) is 13.6 Å². The molecule has 0 aromatic carbocycles. The molecule has 20 heavy (non-hydrogen) atoms. The predicted octanol–water partition coefficient (Wildman–Crippen LogP) is 2.73. The summed E-state index contributed by atoms with van der Waals surface area (Å²) in [7, 11) is 0. The zero-order valence-corrected chi connectivity index (χ0v) is 12.5. The maximum atomic E-state index is 14.3. The van der Waals surface area contributed by atoms with E-state index in [1.807, 2.05) is 4.90 Å². The third kappa shape index (κ3) is 3.59. The molecule has 2 heterocycles. The van der Waals surface area contributed by atoms with Crippen LogP contribution in [0.2, 0.25) is 0 Å². The molecule has 2 saturated heterocycles. The smallest absolute Gasteiger partial charge is 0.410 e. The summed E-state index contributed by atoms with van der Waals surface area (Å²) in [6.07, 6.45) is 1.65. The van der Waals surface area contributed by atoms with Gasteiger partial charge < -0.3 is 9.64 Å². The lowest BCUT2D eigenvalue weighted by molar-refractivity contribution is -0.121. The Morgan fingerprint density at radius 3 is 2.30 bits per heavy atom. The maximum absolute atomic E-state index is 14.3. The number of hydrogen-bond donors (Lipinski definition) is 0. The summed E-state index contributed by atoms with van der Waals surface area (Å²) in [5, 5.41) is 0. The summed E-state index contributed by atoms with van der Waals surface area (Å²) in [4.78, 5) is 14.9. The zero-order valence-electron chi connectivity index (χ0n) is 12.5. The minimum atomic E-state index is -2.86. The van der Waals surface area contributed by atoms with Crippen LogP contribution in [-0.2, 0) is 4.74 Å². The first-order valence-corrected chi connectivity index (χ1v) is 7.29. The van der Waals surface area contributed by atoms with Crippen molar-refractivity contribution in [3.05, 3.63) is 0 Å². The number of nitrogens with zero attached hydrogens (tertiary/aromatic N) is 2. The Bertz CT molecular complexity index is 363. The van der Waals surface area contributed by atoms with Gasteiger partial charge in [-0.1, -0.05) is 0 Å². The van der Waals surface area contributed by atoms with Crippen molar-refractivity contribution in [3.63, 3.8) is 0 Å². The molecule has 0 aliphatic carbocycles. The first-order valence-electron chi connectivity index (χ1n) is 7.29. The van der Waals surface area contributed by atoms with Gasteiger partial charge in [-0.15, -0.1) is 0 Å². The number of piperidine rings is 1.